The lowest BCUT2D eigenvalue weighted by Crippen LogP contribution is -2.37. The summed E-state index contributed by atoms with van der Waals surface area (Å²) in [6, 6.07) is 5.19. The van der Waals surface area contributed by atoms with E-state index in [0.29, 0.717) is 30.3 Å². The Bertz CT molecular complexity index is 531. The number of likely N-dealkylation sites (tertiary alicyclic amines) is 1. The number of nitrogens with zero attached hydrogens (tertiary/aromatic N) is 1. The first-order valence-electron chi connectivity index (χ1n) is 8.05. The van der Waals surface area contributed by atoms with Crippen molar-refractivity contribution in [2.24, 2.45) is 0 Å². The van der Waals surface area contributed by atoms with Gasteiger partial charge in [0.2, 0.25) is 0 Å². The first-order valence-corrected chi connectivity index (χ1v) is 8.05. The summed E-state index contributed by atoms with van der Waals surface area (Å²) in [5.74, 6) is 0.995. The first kappa shape index (κ1) is 17.9. The molecule has 6 heteroatoms. The number of piperidine rings is 1. The summed E-state index contributed by atoms with van der Waals surface area (Å²) in [6.07, 6.45) is 3.67. The smallest absolute Gasteiger partial charge is 0.338 e. The van der Waals surface area contributed by atoms with Crippen LogP contribution in [-0.4, -0.2) is 49.8 Å². The number of carbonyl (C=O) groups excluding carboxylic acids is 1. The lowest BCUT2D eigenvalue weighted by molar-refractivity contribution is 0.0235. The van der Waals surface area contributed by atoms with E-state index < -0.39 is 0 Å². The van der Waals surface area contributed by atoms with Crippen molar-refractivity contribution in [1.29, 1.82) is 0 Å². The molecule has 0 bridgehead atoms. The molecule has 1 fully saturated rings. The summed E-state index contributed by atoms with van der Waals surface area (Å²) in [5, 5.41) is 0. The summed E-state index contributed by atoms with van der Waals surface area (Å²) in [7, 11) is 0. The van der Waals surface area contributed by atoms with Crippen molar-refractivity contribution in [3.63, 3.8) is 0 Å². The van der Waals surface area contributed by atoms with Crippen molar-refractivity contribution >= 4 is 18.4 Å². The van der Waals surface area contributed by atoms with Crippen LogP contribution in [0.4, 0.5) is 0 Å². The maximum Gasteiger partial charge on any atom is 0.338 e. The Morgan fingerprint density at radius 3 is 2.61 bits per heavy atom. The molecular weight excluding hydrogens is 318 g/mol. The van der Waals surface area contributed by atoms with Crippen LogP contribution in [0.2, 0.25) is 0 Å². The maximum absolute atomic E-state index is 12.2. The Hall–Kier alpha value is -1.46. The molecule has 3 rings (SSSR count). The summed E-state index contributed by atoms with van der Waals surface area (Å²) in [6.45, 7) is 6.01. The van der Waals surface area contributed by atoms with Gasteiger partial charge >= 0.3 is 5.97 Å². The number of fused-ring (bicyclic) bond motifs is 1. The van der Waals surface area contributed by atoms with E-state index in [4.69, 9.17) is 14.2 Å². The number of hydrogen-bond donors (Lipinski definition) is 0. The zero-order valence-corrected chi connectivity index (χ0v) is 14.3. The van der Waals surface area contributed by atoms with Gasteiger partial charge in [-0.2, -0.15) is 0 Å². The van der Waals surface area contributed by atoms with Crippen molar-refractivity contribution in [3.8, 4) is 11.5 Å². The predicted octanol–water partition coefficient (Wildman–Crippen LogP) is 2.91. The van der Waals surface area contributed by atoms with E-state index in [1.165, 1.54) is 19.3 Å². The average molecular weight is 342 g/mol. The topological polar surface area (TPSA) is 48.0 Å². The summed E-state index contributed by atoms with van der Waals surface area (Å²) in [5.41, 5.74) is 0.509. The third-order valence-electron chi connectivity index (χ3n) is 4.05. The van der Waals surface area contributed by atoms with Gasteiger partial charge < -0.3 is 14.2 Å². The molecule has 1 aromatic carbocycles. The van der Waals surface area contributed by atoms with Gasteiger partial charge in [0, 0.05) is 6.54 Å². The van der Waals surface area contributed by atoms with Gasteiger partial charge in [0.15, 0.2) is 11.5 Å². The Balaban J connectivity index is 0.00000192. The van der Waals surface area contributed by atoms with Crippen molar-refractivity contribution in [3.05, 3.63) is 23.8 Å². The highest BCUT2D eigenvalue weighted by Crippen LogP contribution is 2.31. The third kappa shape index (κ3) is 4.75. The molecule has 0 saturated carbocycles. The second kappa shape index (κ2) is 8.41. The van der Waals surface area contributed by atoms with E-state index in [9.17, 15) is 4.79 Å². The Morgan fingerprint density at radius 1 is 1.17 bits per heavy atom. The number of esters is 1. The van der Waals surface area contributed by atoms with E-state index in [0.717, 1.165) is 19.6 Å². The van der Waals surface area contributed by atoms with Crippen LogP contribution >= 0.6 is 12.4 Å². The second-order valence-electron chi connectivity index (χ2n) is 5.94. The van der Waals surface area contributed by atoms with E-state index in [-0.39, 0.29) is 24.5 Å². The fourth-order valence-corrected chi connectivity index (χ4v) is 2.96. The zero-order valence-electron chi connectivity index (χ0n) is 13.5. The largest absolute Gasteiger partial charge is 0.486 e. The van der Waals surface area contributed by atoms with Gasteiger partial charge in [-0.15, -0.1) is 12.4 Å². The van der Waals surface area contributed by atoms with Crippen molar-refractivity contribution in [2.75, 3.05) is 32.8 Å². The molecular formula is C17H24ClNO4. The number of ether oxygens (including phenoxy) is 3. The molecule has 1 atom stereocenters. The zero-order chi connectivity index (χ0) is 15.4. The molecule has 2 aliphatic heterocycles. The van der Waals surface area contributed by atoms with Crippen LogP contribution in [0.3, 0.4) is 0 Å². The Kier molecular flexibility index (Phi) is 6.54. The number of hydrogen-bond acceptors (Lipinski definition) is 5. The molecule has 128 valence electrons. The fourth-order valence-electron chi connectivity index (χ4n) is 2.96. The first-order chi connectivity index (χ1) is 10.7. The molecule has 0 aromatic heterocycles. The monoisotopic (exact) mass is 341 g/mol. The van der Waals surface area contributed by atoms with Gasteiger partial charge in [-0.05, 0) is 51.1 Å². The standard InChI is InChI=1S/C17H23NO4.ClH/c1-13(12-18-7-3-2-4-8-18)22-17(19)14-5-6-15-16(11-14)21-10-9-20-15;/h5-6,11,13H,2-4,7-10,12H2,1H3;1H. The average Bonchev–Trinajstić information content (AvgIpc) is 2.55. The molecule has 23 heavy (non-hydrogen) atoms. The van der Waals surface area contributed by atoms with Gasteiger partial charge in [0.1, 0.15) is 19.3 Å². The minimum absolute atomic E-state index is 0. The predicted molar refractivity (Wildman–Crippen MR) is 89.8 cm³/mol. The molecule has 2 heterocycles. The number of halogens is 1. The van der Waals surface area contributed by atoms with Gasteiger partial charge in [-0.25, -0.2) is 4.79 Å². The Morgan fingerprint density at radius 2 is 1.87 bits per heavy atom. The van der Waals surface area contributed by atoms with Crippen molar-refractivity contribution in [1.82, 2.24) is 4.90 Å². The highest BCUT2D eigenvalue weighted by atomic mass is 35.5. The normalized spacial score (nSPS) is 18.7. The van der Waals surface area contributed by atoms with Crippen molar-refractivity contribution < 1.29 is 19.0 Å². The minimum Gasteiger partial charge on any atom is -0.486 e. The van der Waals surface area contributed by atoms with E-state index in [1.54, 1.807) is 18.2 Å². The van der Waals surface area contributed by atoms with E-state index >= 15 is 0 Å². The van der Waals surface area contributed by atoms with E-state index in [1.807, 2.05) is 6.92 Å². The molecule has 0 amide bonds. The van der Waals surface area contributed by atoms with Gasteiger partial charge in [0.25, 0.3) is 0 Å². The van der Waals surface area contributed by atoms with Gasteiger partial charge in [-0.3, -0.25) is 4.90 Å². The lowest BCUT2D eigenvalue weighted by Gasteiger charge is -2.28. The highest BCUT2D eigenvalue weighted by molar-refractivity contribution is 5.90. The molecule has 5 nitrogen and oxygen atoms in total. The Labute approximate surface area is 143 Å². The maximum atomic E-state index is 12.2. The quantitative estimate of drug-likeness (QED) is 0.788. The highest BCUT2D eigenvalue weighted by Gasteiger charge is 2.19. The SMILES string of the molecule is CC(CN1CCCCC1)OC(=O)c1ccc2c(c1)OCCO2.Cl. The second-order valence-corrected chi connectivity index (χ2v) is 5.94. The minimum atomic E-state index is -0.304. The molecule has 0 N–H and O–H groups in total. The van der Waals surface area contributed by atoms with Crippen LogP contribution in [0, 0.1) is 0 Å². The summed E-state index contributed by atoms with van der Waals surface area (Å²) >= 11 is 0. The number of rotatable bonds is 4. The summed E-state index contributed by atoms with van der Waals surface area (Å²) < 4.78 is 16.5. The van der Waals surface area contributed by atoms with Gasteiger partial charge in [-0.1, -0.05) is 6.42 Å². The molecule has 1 saturated heterocycles. The molecule has 0 radical (unpaired) electrons. The number of carbonyl (C=O) groups is 1. The van der Waals surface area contributed by atoms with E-state index in [2.05, 4.69) is 4.90 Å². The van der Waals surface area contributed by atoms with Crippen molar-refractivity contribution in [2.45, 2.75) is 32.3 Å². The molecule has 1 unspecified atom stereocenters. The molecule has 1 aromatic rings. The lowest BCUT2D eigenvalue weighted by atomic mass is 10.1. The van der Waals surface area contributed by atoms with Crippen LogP contribution in [0.15, 0.2) is 18.2 Å². The van der Waals surface area contributed by atoms with Crippen LogP contribution in [0.5, 0.6) is 11.5 Å². The number of benzene rings is 1. The molecule has 0 aliphatic carbocycles. The molecule has 0 spiro atoms. The summed E-state index contributed by atoms with van der Waals surface area (Å²) in [4.78, 5) is 14.6. The van der Waals surface area contributed by atoms with Crippen LogP contribution in [0.25, 0.3) is 0 Å². The third-order valence-corrected chi connectivity index (χ3v) is 4.05. The van der Waals surface area contributed by atoms with Gasteiger partial charge in [0.05, 0.1) is 5.56 Å². The van der Waals surface area contributed by atoms with Crippen LogP contribution in [0.1, 0.15) is 36.5 Å². The fraction of sp³-hybridized carbons (Fsp3) is 0.588. The van der Waals surface area contributed by atoms with Crippen LogP contribution in [-0.2, 0) is 4.74 Å². The van der Waals surface area contributed by atoms with Crippen LogP contribution < -0.4 is 9.47 Å². The molecule has 2 aliphatic rings.